The lowest BCUT2D eigenvalue weighted by Crippen LogP contribution is -2.03. The van der Waals surface area contributed by atoms with E-state index in [9.17, 15) is 18.0 Å². The van der Waals surface area contributed by atoms with Gasteiger partial charge >= 0.3 is 6.18 Å². The van der Waals surface area contributed by atoms with Gasteiger partial charge in [-0.15, -0.1) is 0 Å². The maximum absolute atomic E-state index is 12.4. The van der Waals surface area contributed by atoms with E-state index >= 15 is 0 Å². The number of alkyl halides is 3. The Hall–Kier alpha value is -2.62. The molecule has 4 heteroatoms. The van der Waals surface area contributed by atoms with Crippen molar-refractivity contribution in [2.45, 2.75) is 6.18 Å². The molecule has 0 spiro atoms. The van der Waals surface area contributed by atoms with Crippen LogP contribution in [-0.4, -0.2) is 5.78 Å². The maximum atomic E-state index is 12.4. The van der Waals surface area contributed by atoms with Gasteiger partial charge in [-0.05, 0) is 35.4 Å². The fraction of sp³-hybridized carbons (Fsp3) is 0.0556. The second kappa shape index (κ2) is 6.89. The lowest BCUT2D eigenvalue weighted by atomic mass is 10.1. The minimum absolute atomic E-state index is 0.233. The minimum atomic E-state index is -4.35. The summed E-state index contributed by atoms with van der Waals surface area (Å²) in [7, 11) is 0. The lowest BCUT2D eigenvalue weighted by molar-refractivity contribution is -0.137. The first-order chi connectivity index (χ1) is 10.4. The van der Waals surface area contributed by atoms with E-state index in [1.165, 1.54) is 30.4 Å². The number of halogens is 3. The Labute approximate surface area is 126 Å². The molecule has 0 aliphatic rings. The van der Waals surface area contributed by atoms with Crippen LogP contribution in [0.15, 0.2) is 66.7 Å². The Morgan fingerprint density at radius 2 is 1.27 bits per heavy atom. The zero-order chi connectivity index (χ0) is 16.0. The van der Waals surface area contributed by atoms with Crippen molar-refractivity contribution in [3.63, 3.8) is 0 Å². The second-order valence-electron chi connectivity index (χ2n) is 4.60. The molecule has 0 aliphatic heterocycles. The normalized spacial score (nSPS) is 12.1. The standard InChI is InChI=1S/C18H13F3O/c19-18(20,21)16-10-6-15(7-11-16)9-13-17(22)12-8-14-4-2-1-3-5-14/h1-13H. The third kappa shape index (κ3) is 4.74. The van der Waals surface area contributed by atoms with Gasteiger partial charge in [0.2, 0.25) is 0 Å². The summed E-state index contributed by atoms with van der Waals surface area (Å²) in [6.45, 7) is 0. The molecule has 0 N–H and O–H groups in total. The highest BCUT2D eigenvalue weighted by molar-refractivity contribution is 6.04. The molecular weight excluding hydrogens is 289 g/mol. The Kier molecular flexibility index (Phi) is 4.94. The van der Waals surface area contributed by atoms with Crippen molar-refractivity contribution in [2.24, 2.45) is 0 Å². The fourth-order valence-corrected chi connectivity index (χ4v) is 1.76. The second-order valence-corrected chi connectivity index (χ2v) is 4.60. The average molecular weight is 302 g/mol. The van der Waals surface area contributed by atoms with Crippen molar-refractivity contribution in [3.05, 3.63) is 83.4 Å². The molecule has 0 radical (unpaired) electrons. The fourth-order valence-electron chi connectivity index (χ4n) is 1.76. The van der Waals surface area contributed by atoms with Crippen molar-refractivity contribution in [3.8, 4) is 0 Å². The van der Waals surface area contributed by atoms with Gasteiger partial charge in [0, 0.05) is 0 Å². The topological polar surface area (TPSA) is 17.1 Å². The molecule has 0 heterocycles. The van der Waals surface area contributed by atoms with Gasteiger partial charge in [0.15, 0.2) is 5.78 Å². The first-order valence-corrected chi connectivity index (χ1v) is 6.57. The molecule has 2 aromatic carbocycles. The molecule has 0 unspecified atom stereocenters. The smallest absolute Gasteiger partial charge is 0.290 e. The number of hydrogen-bond donors (Lipinski definition) is 0. The number of rotatable bonds is 4. The van der Waals surface area contributed by atoms with Gasteiger partial charge in [-0.1, -0.05) is 54.6 Å². The van der Waals surface area contributed by atoms with Crippen LogP contribution in [0.1, 0.15) is 16.7 Å². The quantitative estimate of drug-likeness (QED) is 0.726. The zero-order valence-electron chi connectivity index (χ0n) is 11.5. The van der Waals surface area contributed by atoms with Gasteiger partial charge in [-0.25, -0.2) is 0 Å². The van der Waals surface area contributed by atoms with Crippen molar-refractivity contribution >= 4 is 17.9 Å². The van der Waals surface area contributed by atoms with Crippen molar-refractivity contribution in [1.29, 1.82) is 0 Å². The molecule has 112 valence electrons. The van der Waals surface area contributed by atoms with E-state index in [4.69, 9.17) is 0 Å². The highest BCUT2D eigenvalue weighted by Gasteiger charge is 2.29. The van der Waals surface area contributed by atoms with Gasteiger partial charge in [-0.2, -0.15) is 13.2 Å². The Balaban J connectivity index is 1.99. The monoisotopic (exact) mass is 302 g/mol. The maximum Gasteiger partial charge on any atom is 0.416 e. The van der Waals surface area contributed by atoms with Crippen molar-refractivity contribution in [1.82, 2.24) is 0 Å². The van der Waals surface area contributed by atoms with E-state index in [0.29, 0.717) is 5.56 Å². The molecule has 22 heavy (non-hydrogen) atoms. The molecule has 0 bridgehead atoms. The van der Waals surface area contributed by atoms with Crippen LogP contribution in [0.2, 0.25) is 0 Å². The number of ketones is 1. The largest absolute Gasteiger partial charge is 0.416 e. The number of allylic oxidation sites excluding steroid dienone is 2. The van der Waals surface area contributed by atoms with E-state index in [0.717, 1.165) is 17.7 Å². The summed E-state index contributed by atoms with van der Waals surface area (Å²) < 4.78 is 37.2. The van der Waals surface area contributed by atoms with Crippen LogP contribution < -0.4 is 0 Å². The first kappa shape index (κ1) is 15.8. The van der Waals surface area contributed by atoms with Gasteiger partial charge in [0.05, 0.1) is 5.56 Å². The van der Waals surface area contributed by atoms with Gasteiger partial charge in [0.1, 0.15) is 0 Å². The summed E-state index contributed by atoms with van der Waals surface area (Å²) in [5.41, 5.74) is 0.730. The number of carbonyl (C=O) groups excluding carboxylic acids is 1. The van der Waals surface area contributed by atoms with Crippen LogP contribution >= 0.6 is 0 Å². The van der Waals surface area contributed by atoms with Crippen LogP contribution in [0.5, 0.6) is 0 Å². The highest BCUT2D eigenvalue weighted by atomic mass is 19.4. The first-order valence-electron chi connectivity index (χ1n) is 6.57. The van der Waals surface area contributed by atoms with Gasteiger partial charge in [0.25, 0.3) is 0 Å². The van der Waals surface area contributed by atoms with Crippen LogP contribution in [0, 0.1) is 0 Å². The molecule has 0 aliphatic carbocycles. The molecule has 0 amide bonds. The van der Waals surface area contributed by atoms with Crippen molar-refractivity contribution < 1.29 is 18.0 Å². The molecule has 2 aromatic rings. The van der Waals surface area contributed by atoms with Crippen LogP contribution in [-0.2, 0) is 11.0 Å². The Morgan fingerprint density at radius 3 is 1.77 bits per heavy atom. The minimum Gasteiger partial charge on any atom is -0.290 e. The molecule has 0 saturated heterocycles. The molecular formula is C18H13F3O. The zero-order valence-corrected chi connectivity index (χ0v) is 11.5. The van der Waals surface area contributed by atoms with E-state index in [-0.39, 0.29) is 5.78 Å². The average Bonchev–Trinajstić information content (AvgIpc) is 2.51. The summed E-state index contributed by atoms with van der Waals surface area (Å²) in [6.07, 6.45) is 1.55. The Bertz CT molecular complexity index is 681. The van der Waals surface area contributed by atoms with Crippen LogP contribution in [0.3, 0.4) is 0 Å². The molecule has 2 rings (SSSR count). The molecule has 0 atom stereocenters. The molecule has 0 fully saturated rings. The molecule has 1 nitrogen and oxygen atoms in total. The molecule has 0 aromatic heterocycles. The lowest BCUT2D eigenvalue weighted by Gasteiger charge is -2.05. The highest BCUT2D eigenvalue weighted by Crippen LogP contribution is 2.29. The van der Waals surface area contributed by atoms with E-state index in [1.807, 2.05) is 30.3 Å². The number of benzene rings is 2. The number of carbonyl (C=O) groups is 1. The third-order valence-corrected chi connectivity index (χ3v) is 2.92. The van der Waals surface area contributed by atoms with Gasteiger partial charge in [-0.3, -0.25) is 4.79 Å². The summed E-state index contributed by atoms with van der Waals surface area (Å²) in [5, 5.41) is 0. The molecule has 0 saturated carbocycles. The number of hydrogen-bond acceptors (Lipinski definition) is 1. The summed E-state index contributed by atoms with van der Waals surface area (Å²) in [4.78, 5) is 11.7. The Morgan fingerprint density at radius 1 is 0.773 bits per heavy atom. The van der Waals surface area contributed by atoms with E-state index in [2.05, 4.69) is 0 Å². The third-order valence-electron chi connectivity index (χ3n) is 2.92. The van der Waals surface area contributed by atoms with E-state index < -0.39 is 11.7 Å². The van der Waals surface area contributed by atoms with Crippen LogP contribution in [0.4, 0.5) is 13.2 Å². The summed E-state index contributed by atoms with van der Waals surface area (Å²) >= 11 is 0. The summed E-state index contributed by atoms with van der Waals surface area (Å²) in [6, 6.07) is 14.0. The van der Waals surface area contributed by atoms with Crippen molar-refractivity contribution in [2.75, 3.05) is 0 Å². The predicted octanol–water partition coefficient (Wildman–Crippen LogP) is 5.00. The predicted molar refractivity (Wildman–Crippen MR) is 81.0 cm³/mol. The van der Waals surface area contributed by atoms with E-state index in [1.54, 1.807) is 6.08 Å². The summed E-state index contributed by atoms with van der Waals surface area (Å²) in [5.74, 6) is -0.233. The van der Waals surface area contributed by atoms with Crippen LogP contribution in [0.25, 0.3) is 12.2 Å². The van der Waals surface area contributed by atoms with Gasteiger partial charge < -0.3 is 0 Å². The SMILES string of the molecule is O=C(C=Cc1ccccc1)C=Cc1ccc(C(F)(F)F)cc1.